The number of halogens is 3. The Balaban J connectivity index is 1.64. The Bertz CT molecular complexity index is 1570. The molecule has 0 aliphatic heterocycles. The fourth-order valence-electron chi connectivity index (χ4n) is 6.69. The van der Waals surface area contributed by atoms with Crippen molar-refractivity contribution in [3.63, 3.8) is 0 Å². The van der Waals surface area contributed by atoms with Gasteiger partial charge in [-0.3, -0.25) is 0 Å². The van der Waals surface area contributed by atoms with E-state index in [1.165, 1.54) is 22.3 Å². The zero-order valence-corrected chi connectivity index (χ0v) is 29.0. The largest absolute Gasteiger partial charge is 0.310 e. The summed E-state index contributed by atoms with van der Waals surface area (Å²) in [5, 5.41) is 0. The number of hydrogen-bond donors (Lipinski definition) is 0. The number of fused-ring (bicyclic) bond motifs is 1. The van der Waals surface area contributed by atoms with Gasteiger partial charge in [0.15, 0.2) is 0 Å². The van der Waals surface area contributed by atoms with Crippen LogP contribution in [0.2, 0.25) is 0 Å². The van der Waals surface area contributed by atoms with E-state index in [0.717, 1.165) is 48.3 Å². The summed E-state index contributed by atoms with van der Waals surface area (Å²) in [6.45, 7) is 22.0. The van der Waals surface area contributed by atoms with E-state index in [1.807, 2.05) is 0 Å². The summed E-state index contributed by atoms with van der Waals surface area (Å²) >= 11 is 7.47. The predicted molar refractivity (Wildman–Crippen MR) is 181 cm³/mol. The molecule has 1 nitrogen and oxygen atoms in total. The average Bonchev–Trinajstić information content (AvgIpc) is 3.00. The molecular formula is C37H40Br2FN. The minimum absolute atomic E-state index is 0.0893. The molecule has 0 unspecified atom stereocenters. The molecule has 0 bridgehead atoms. The topological polar surface area (TPSA) is 3.24 Å². The van der Waals surface area contributed by atoms with Crippen LogP contribution in [0.4, 0.5) is 21.5 Å². The molecule has 214 valence electrons. The van der Waals surface area contributed by atoms with Gasteiger partial charge in [0.2, 0.25) is 0 Å². The van der Waals surface area contributed by atoms with Crippen LogP contribution in [0, 0.1) is 38.9 Å². The lowest BCUT2D eigenvalue weighted by Gasteiger charge is -2.44. The Morgan fingerprint density at radius 3 is 1.44 bits per heavy atom. The summed E-state index contributed by atoms with van der Waals surface area (Å²) in [6.07, 6.45) is 0. The van der Waals surface area contributed by atoms with Crippen molar-refractivity contribution in [1.29, 1.82) is 0 Å². The summed E-state index contributed by atoms with van der Waals surface area (Å²) in [5.74, 6) is -0.103. The van der Waals surface area contributed by atoms with Crippen molar-refractivity contribution in [3.05, 3.63) is 109 Å². The Labute approximate surface area is 262 Å². The molecule has 41 heavy (non-hydrogen) atoms. The Kier molecular flexibility index (Phi) is 7.39. The monoisotopic (exact) mass is 675 g/mol. The smallest absolute Gasteiger partial charge is 0.127 e. The van der Waals surface area contributed by atoms with Crippen LogP contribution in [-0.4, -0.2) is 0 Å². The molecular weight excluding hydrogens is 637 g/mol. The highest BCUT2D eigenvalue weighted by atomic mass is 79.9. The van der Waals surface area contributed by atoms with Crippen molar-refractivity contribution in [3.8, 4) is 11.1 Å². The zero-order valence-electron chi connectivity index (χ0n) is 25.9. The van der Waals surface area contributed by atoms with Crippen molar-refractivity contribution < 1.29 is 4.39 Å². The lowest BCUT2D eigenvalue weighted by Crippen LogP contribution is -2.42. The molecule has 1 aliphatic carbocycles. The molecule has 1 aliphatic rings. The van der Waals surface area contributed by atoms with E-state index in [4.69, 9.17) is 0 Å². The lowest BCUT2D eigenvalue weighted by atomic mass is 9.59. The normalized spacial score (nSPS) is 16.5. The molecule has 0 spiro atoms. The highest BCUT2D eigenvalue weighted by Crippen LogP contribution is 2.62. The van der Waals surface area contributed by atoms with Crippen molar-refractivity contribution >= 4 is 48.9 Å². The number of anilines is 3. The highest BCUT2D eigenvalue weighted by Gasteiger charge is 2.58. The van der Waals surface area contributed by atoms with Crippen LogP contribution in [0.5, 0.6) is 0 Å². The molecule has 4 heteroatoms. The summed E-state index contributed by atoms with van der Waals surface area (Å²) < 4.78 is 18.1. The SMILES string of the molecule is Cc1cc(N(c2ccc(-c3cc(F)c4c(c3)C(C)(C)C(C)(C)C4(C)C)cc2)c2cc(C)c(Br)c(C)c2)cc(C)c1Br. The first-order chi connectivity index (χ1) is 19.0. The van der Waals surface area contributed by atoms with E-state index in [0.29, 0.717) is 0 Å². The van der Waals surface area contributed by atoms with Gasteiger partial charge in [0, 0.05) is 26.0 Å². The number of nitrogens with zero attached hydrogens (tertiary/aromatic N) is 1. The Morgan fingerprint density at radius 2 is 1.00 bits per heavy atom. The molecule has 0 saturated carbocycles. The van der Waals surface area contributed by atoms with Gasteiger partial charge in [-0.15, -0.1) is 0 Å². The first kappa shape index (κ1) is 30.0. The van der Waals surface area contributed by atoms with Gasteiger partial charge < -0.3 is 4.90 Å². The summed E-state index contributed by atoms with van der Waals surface area (Å²) in [6, 6.07) is 21.4. The number of hydrogen-bond acceptors (Lipinski definition) is 1. The third kappa shape index (κ3) is 4.61. The van der Waals surface area contributed by atoms with Gasteiger partial charge in [-0.25, -0.2) is 4.39 Å². The molecule has 0 atom stereocenters. The summed E-state index contributed by atoms with van der Waals surface area (Å²) in [4.78, 5) is 2.31. The highest BCUT2D eigenvalue weighted by molar-refractivity contribution is 9.10. The van der Waals surface area contributed by atoms with Crippen LogP contribution in [-0.2, 0) is 10.8 Å². The Morgan fingerprint density at radius 1 is 0.561 bits per heavy atom. The van der Waals surface area contributed by atoms with Crippen LogP contribution >= 0.6 is 31.9 Å². The maximum absolute atomic E-state index is 15.9. The number of aryl methyl sites for hydroxylation is 4. The summed E-state index contributed by atoms with van der Waals surface area (Å²) in [7, 11) is 0. The van der Waals surface area contributed by atoms with Crippen LogP contribution in [0.3, 0.4) is 0 Å². The second-order valence-electron chi connectivity index (χ2n) is 13.4. The van der Waals surface area contributed by atoms with E-state index in [2.05, 4.69) is 161 Å². The average molecular weight is 678 g/mol. The molecule has 0 saturated heterocycles. The molecule has 0 heterocycles. The van der Waals surface area contributed by atoms with E-state index in [9.17, 15) is 0 Å². The molecule has 0 amide bonds. The van der Waals surface area contributed by atoms with Crippen molar-refractivity contribution in [2.24, 2.45) is 5.41 Å². The van der Waals surface area contributed by atoms with Gasteiger partial charge >= 0.3 is 0 Å². The zero-order chi connectivity index (χ0) is 30.2. The lowest BCUT2D eigenvalue weighted by molar-refractivity contribution is 0.123. The van der Waals surface area contributed by atoms with Crippen molar-refractivity contribution in [2.75, 3.05) is 4.90 Å². The third-order valence-electron chi connectivity index (χ3n) is 10.3. The van der Waals surface area contributed by atoms with Crippen LogP contribution < -0.4 is 4.90 Å². The van der Waals surface area contributed by atoms with E-state index in [-0.39, 0.29) is 22.1 Å². The van der Waals surface area contributed by atoms with Gasteiger partial charge in [0.25, 0.3) is 0 Å². The van der Waals surface area contributed by atoms with E-state index in [1.54, 1.807) is 6.07 Å². The number of rotatable bonds is 4. The van der Waals surface area contributed by atoms with Crippen LogP contribution in [0.25, 0.3) is 11.1 Å². The fraction of sp³-hybridized carbons (Fsp3) is 0.351. The van der Waals surface area contributed by atoms with E-state index >= 15 is 4.39 Å². The van der Waals surface area contributed by atoms with E-state index < -0.39 is 0 Å². The number of benzene rings is 4. The van der Waals surface area contributed by atoms with Gasteiger partial charge in [-0.05, 0) is 131 Å². The first-order valence-electron chi connectivity index (χ1n) is 14.3. The van der Waals surface area contributed by atoms with Crippen molar-refractivity contribution in [2.45, 2.75) is 80.1 Å². The minimum Gasteiger partial charge on any atom is -0.310 e. The molecule has 4 aromatic rings. The second-order valence-corrected chi connectivity index (χ2v) is 15.0. The van der Waals surface area contributed by atoms with Gasteiger partial charge in [0.1, 0.15) is 5.82 Å². The van der Waals surface area contributed by atoms with Crippen molar-refractivity contribution in [1.82, 2.24) is 0 Å². The molecule has 0 N–H and O–H groups in total. The quantitative estimate of drug-likeness (QED) is 0.208. The third-order valence-corrected chi connectivity index (χ3v) is 12.8. The summed E-state index contributed by atoms with van der Waals surface area (Å²) in [5.41, 5.74) is 11.4. The minimum atomic E-state index is -0.263. The second kappa shape index (κ2) is 10.1. The van der Waals surface area contributed by atoms with Gasteiger partial charge in [0.05, 0.1) is 0 Å². The molecule has 5 rings (SSSR count). The molecule has 4 aromatic carbocycles. The molecule has 0 radical (unpaired) electrons. The predicted octanol–water partition coefficient (Wildman–Crippen LogP) is 12.3. The maximum Gasteiger partial charge on any atom is 0.127 e. The Hall–Kier alpha value is -2.43. The first-order valence-corrected chi connectivity index (χ1v) is 15.9. The molecule has 0 fully saturated rings. The van der Waals surface area contributed by atoms with Crippen LogP contribution in [0.15, 0.2) is 69.6 Å². The maximum atomic E-state index is 15.9. The van der Waals surface area contributed by atoms with Crippen LogP contribution in [0.1, 0.15) is 74.9 Å². The fourth-order valence-corrected chi connectivity index (χ4v) is 7.14. The standard InChI is InChI=1S/C37H40Br2FN/c1-21-15-28(16-22(2)33(21)38)41(29-17-23(3)34(39)24(4)18-29)27-13-11-25(12-14-27)26-19-30-32(31(40)20-26)36(7,8)37(9,10)35(30,5)6/h11-20H,1-10H3. The van der Waals surface area contributed by atoms with Gasteiger partial charge in [-0.1, -0.05) is 91.6 Å². The van der Waals surface area contributed by atoms with Gasteiger partial charge in [-0.2, -0.15) is 0 Å². The molecule has 0 aromatic heterocycles.